The molecule has 0 radical (unpaired) electrons. The third-order valence-electron chi connectivity index (χ3n) is 6.07. The van der Waals surface area contributed by atoms with Gasteiger partial charge in [-0.15, -0.1) is 0 Å². The van der Waals surface area contributed by atoms with Crippen molar-refractivity contribution in [1.82, 2.24) is 19.5 Å². The standard InChI is InChI=1S/C24H21F3N6O3/c1-13-2-3-20(23(28)34)32(13)22-9-21(18(27)10-29-22)36-17-11-31(12-17)24(35)33-19(4-5-30-33)14-6-15(25)8-16(26)7-14/h2-3,5-10,17,19H,4,11-12H2,1H3,(H2,28,34)/t19-/m0/s1. The number of ether oxygens (including phenoxy) is 1. The first-order valence-electron chi connectivity index (χ1n) is 11.1. The van der Waals surface area contributed by atoms with Gasteiger partial charge in [-0.05, 0) is 36.8 Å². The molecule has 4 heterocycles. The lowest BCUT2D eigenvalue weighted by Crippen LogP contribution is -2.58. The molecule has 2 aromatic heterocycles. The van der Waals surface area contributed by atoms with Crippen LogP contribution in [0.5, 0.6) is 5.75 Å². The average Bonchev–Trinajstić information content (AvgIpc) is 3.43. The van der Waals surface area contributed by atoms with Crippen LogP contribution in [0.4, 0.5) is 18.0 Å². The summed E-state index contributed by atoms with van der Waals surface area (Å²) in [6, 6.07) is 6.61. The predicted octanol–water partition coefficient (Wildman–Crippen LogP) is 3.31. The Morgan fingerprint density at radius 2 is 1.81 bits per heavy atom. The number of likely N-dealkylation sites (tertiary alicyclic amines) is 1. The molecule has 36 heavy (non-hydrogen) atoms. The maximum Gasteiger partial charge on any atom is 0.341 e. The fraction of sp³-hybridized carbons (Fsp3) is 0.250. The summed E-state index contributed by atoms with van der Waals surface area (Å²) >= 11 is 0. The highest BCUT2D eigenvalue weighted by Gasteiger charge is 2.39. The number of hydrogen-bond donors (Lipinski definition) is 1. The van der Waals surface area contributed by atoms with Gasteiger partial charge in [0, 0.05) is 30.5 Å². The Labute approximate surface area is 203 Å². The summed E-state index contributed by atoms with van der Waals surface area (Å²) in [5.74, 6) is -2.67. The van der Waals surface area contributed by atoms with Crippen molar-refractivity contribution in [3.05, 3.63) is 77.0 Å². The summed E-state index contributed by atoms with van der Waals surface area (Å²) in [5, 5.41) is 5.25. The van der Waals surface area contributed by atoms with Crippen molar-refractivity contribution in [3.63, 3.8) is 0 Å². The van der Waals surface area contributed by atoms with Crippen LogP contribution in [-0.2, 0) is 0 Å². The summed E-state index contributed by atoms with van der Waals surface area (Å²) in [6.07, 6.45) is 2.31. The normalized spacial score (nSPS) is 17.4. The van der Waals surface area contributed by atoms with Crippen LogP contribution in [0.2, 0.25) is 0 Å². The number of rotatable bonds is 5. The van der Waals surface area contributed by atoms with E-state index < -0.39 is 41.5 Å². The second kappa shape index (κ2) is 9.02. The zero-order chi connectivity index (χ0) is 25.6. The number of benzene rings is 1. The average molecular weight is 498 g/mol. The first-order chi connectivity index (χ1) is 17.2. The van der Waals surface area contributed by atoms with Crippen molar-refractivity contribution in [1.29, 1.82) is 0 Å². The molecule has 2 N–H and O–H groups in total. The van der Waals surface area contributed by atoms with Crippen LogP contribution in [-0.4, -0.2) is 56.8 Å². The van der Waals surface area contributed by atoms with Gasteiger partial charge in [-0.25, -0.2) is 28.0 Å². The molecule has 1 atom stereocenters. The molecular weight excluding hydrogens is 477 g/mol. The van der Waals surface area contributed by atoms with E-state index >= 15 is 0 Å². The first kappa shape index (κ1) is 23.4. The molecule has 3 amide bonds. The molecule has 0 saturated carbocycles. The molecule has 1 saturated heterocycles. The Bertz CT molecular complexity index is 1370. The predicted molar refractivity (Wildman–Crippen MR) is 122 cm³/mol. The molecule has 2 aliphatic rings. The van der Waals surface area contributed by atoms with Crippen LogP contribution >= 0.6 is 0 Å². The monoisotopic (exact) mass is 498 g/mol. The van der Waals surface area contributed by atoms with Gasteiger partial charge in [-0.3, -0.25) is 9.36 Å². The zero-order valence-electron chi connectivity index (χ0n) is 19.1. The van der Waals surface area contributed by atoms with Crippen molar-refractivity contribution >= 4 is 18.2 Å². The summed E-state index contributed by atoms with van der Waals surface area (Å²) in [5.41, 5.74) is 6.59. The molecule has 0 unspecified atom stereocenters. The van der Waals surface area contributed by atoms with Crippen molar-refractivity contribution < 1.29 is 27.5 Å². The minimum Gasteiger partial charge on any atom is -0.483 e. The number of aryl methyl sites for hydroxylation is 1. The Morgan fingerprint density at radius 1 is 1.08 bits per heavy atom. The van der Waals surface area contributed by atoms with Crippen molar-refractivity contribution in [3.8, 4) is 11.6 Å². The molecular formula is C24H21F3N6O3. The Morgan fingerprint density at radius 3 is 2.50 bits per heavy atom. The highest BCUT2D eigenvalue weighted by atomic mass is 19.1. The molecule has 1 aromatic carbocycles. The number of nitrogens with zero attached hydrogens (tertiary/aromatic N) is 5. The van der Waals surface area contributed by atoms with Crippen LogP contribution in [0.15, 0.2) is 47.7 Å². The lowest BCUT2D eigenvalue weighted by atomic mass is 10.0. The van der Waals surface area contributed by atoms with Crippen LogP contribution in [0.1, 0.15) is 34.2 Å². The zero-order valence-corrected chi connectivity index (χ0v) is 19.1. The van der Waals surface area contributed by atoms with E-state index in [-0.39, 0.29) is 30.4 Å². The molecule has 0 bridgehead atoms. The van der Waals surface area contributed by atoms with Crippen molar-refractivity contribution in [2.75, 3.05) is 13.1 Å². The van der Waals surface area contributed by atoms with E-state index in [4.69, 9.17) is 10.5 Å². The maximum atomic E-state index is 14.4. The molecule has 5 rings (SSSR count). The minimum absolute atomic E-state index is 0.0899. The van der Waals surface area contributed by atoms with Crippen molar-refractivity contribution in [2.45, 2.75) is 25.5 Å². The number of halogens is 3. The van der Waals surface area contributed by atoms with E-state index in [1.165, 1.54) is 38.9 Å². The van der Waals surface area contributed by atoms with E-state index in [0.29, 0.717) is 17.7 Å². The van der Waals surface area contributed by atoms with Gasteiger partial charge in [-0.1, -0.05) is 0 Å². The molecule has 3 aromatic rings. The number of urea groups is 1. The van der Waals surface area contributed by atoms with Gasteiger partial charge in [0.2, 0.25) is 0 Å². The molecule has 0 aliphatic carbocycles. The number of pyridine rings is 1. The lowest BCUT2D eigenvalue weighted by Gasteiger charge is -2.41. The highest BCUT2D eigenvalue weighted by molar-refractivity contribution is 5.92. The van der Waals surface area contributed by atoms with Gasteiger partial charge >= 0.3 is 6.03 Å². The number of amides is 3. The minimum atomic E-state index is -0.737. The van der Waals surface area contributed by atoms with Crippen LogP contribution in [0, 0.1) is 24.4 Å². The number of primary amides is 1. The molecule has 186 valence electrons. The fourth-order valence-electron chi connectivity index (χ4n) is 4.29. The van der Waals surface area contributed by atoms with E-state index in [1.807, 2.05) is 0 Å². The smallest absolute Gasteiger partial charge is 0.341 e. The number of aromatic nitrogens is 2. The van der Waals surface area contributed by atoms with Gasteiger partial charge in [0.15, 0.2) is 11.6 Å². The molecule has 2 aliphatic heterocycles. The Kier molecular flexibility index (Phi) is 5.86. The number of hydrazone groups is 1. The van der Waals surface area contributed by atoms with Crippen molar-refractivity contribution in [2.24, 2.45) is 10.8 Å². The summed E-state index contributed by atoms with van der Waals surface area (Å²) in [4.78, 5) is 30.2. The summed E-state index contributed by atoms with van der Waals surface area (Å²) in [7, 11) is 0. The Balaban J connectivity index is 1.26. The van der Waals surface area contributed by atoms with Gasteiger partial charge in [-0.2, -0.15) is 5.10 Å². The molecule has 0 spiro atoms. The number of carbonyl (C=O) groups is 2. The number of carbonyl (C=O) groups excluding carboxylic acids is 2. The van der Waals surface area contributed by atoms with Gasteiger partial charge in [0.05, 0.1) is 25.3 Å². The van der Waals surface area contributed by atoms with Gasteiger partial charge < -0.3 is 15.4 Å². The SMILES string of the molecule is Cc1ccc(C(N)=O)n1-c1cc(OC2CN(C(=O)N3N=CC[C@H]3c3cc(F)cc(F)c3)C2)c(F)cn1. The first-order valence-corrected chi connectivity index (χ1v) is 11.1. The highest BCUT2D eigenvalue weighted by Crippen LogP contribution is 2.32. The third kappa shape index (κ3) is 4.25. The fourth-order valence-corrected chi connectivity index (χ4v) is 4.29. The second-order valence-corrected chi connectivity index (χ2v) is 8.56. The Hall–Kier alpha value is -4.35. The van der Waals surface area contributed by atoms with Crippen LogP contribution in [0.3, 0.4) is 0 Å². The van der Waals surface area contributed by atoms with E-state index in [2.05, 4.69) is 10.1 Å². The maximum absolute atomic E-state index is 14.4. The molecule has 9 nitrogen and oxygen atoms in total. The van der Waals surface area contributed by atoms with E-state index in [0.717, 1.165) is 12.3 Å². The lowest BCUT2D eigenvalue weighted by molar-refractivity contribution is 0.0256. The van der Waals surface area contributed by atoms with Crippen LogP contribution < -0.4 is 10.5 Å². The van der Waals surface area contributed by atoms with Gasteiger partial charge in [0.25, 0.3) is 5.91 Å². The summed E-state index contributed by atoms with van der Waals surface area (Å²) in [6.45, 7) is 2.06. The molecule has 12 heteroatoms. The number of nitrogens with two attached hydrogens (primary N) is 1. The quantitative estimate of drug-likeness (QED) is 0.583. The summed E-state index contributed by atoms with van der Waals surface area (Å²) < 4.78 is 49.0. The van der Waals surface area contributed by atoms with E-state index in [9.17, 15) is 22.8 Å². The van der Waals surface area contributed by atoms with Crippen LogP contribution in [0.25, 0.3) is 5.82 Å². The number of hydrogen-bond acceptors (Lipinski definition) is 5. The second-order valence-electron chi connectivity index (χ2n) is 8.56. The van der Waals surface area contributed by atoms with E-state index in [1.54, 1.807) is 19.1 Å². The molecule has 1 fully saturated rings. The third-order valence-corrected chi connectivity index (χ3v) is 6.07. The topological polar surface area (TPSA) is 106 Å². The largest absolute Gasteiger partial charge is 0.483 e. The van der Waals surface area contributed by atoms with Gasteiger partial charge in [0.1, 0.15) is 29.3 Å².